The van der Waals surface area contributed by atoms with Gasteiger partial charge in [0.05, 0.1) is 15.2 Å². The highest BCUT2D eigenvalue weighted by Crippen LogP contribution is 2.39. The summed E-state index contributed by atoms with van der Waals surface area (Å²) in [5.41, 5.74) is 4.00. The molecule has 1 amide bonds. The van der Waals surface area contributed by atoms with Crippen molar-refractivity contribution in [2.24, 2.45) is 0 Å². The Labute approximate surface area is 145 Å². The van der Waals surface area contributed by atoms with Crippen LogP contribution in [0.25, 0.3) is 10.2 Å². The first-order valence-electron chi connectivity index (χ1n) is 8.34. The molecule has 2 heterocycles. The van der Waals surface area contributed by atoms with Crippen molar-refractivity contribution in [1.29, 1.82) is 0 Å². The van der Waals surface area contributed by atoms with E-state index in [1.165, 1.54) is 18.4 Å². The number of carbonyl (C=O) groups is 1. The van der Waals surface area contributed by atoms with Crippen LogP contribution in [0.5, 0.6) is 0 Å². The van der Waals surface area contributed by atoms with Gasteiger partial charge in [-0.05, 0) is 54.5 Å². The number of hydrogen-bond donors (Lipinski definition) is 1. The number of carbonyl (C=O) groups excluding carboxylic acids is 1. The van der Waals surface area contributed by atoms with Gasteiger partial charge in [0, 0.05) is 24.5 Å². The van der Waals surface area contributed by atoms with Crippen LogP contribution in [0.15, 0.2) is 36.7 Å². The summed E-state index contributed by atoms with van der Waals surface area (Å²) in [5.74, 6) is 0.620. The van der Waals surface area contributed by atoms with E-state index >= 15 is 0 Å². The van der Waals surface area contributed by atoms with Gasteiger partial charge in [0.2, 0.25) is 0 Å². The summed E-state index contributed by atoms with van der Waals surface area (Å²) in [5, 5.41) is 4.09. The molecule has 0 unspecified atom stereocenters. The van der Waals surface area contributed by atoms with Crippen LogP contribution >= 0.6 is 11.3 Å². The molecule has 0 bridgehead atoms. The van der Waals surface area contributed by atoms with Crippen molar-refractivity contribution < 1.29 is 4.79 Å². The fourth-order valence-corrected chi connectivity index (χ4v) is 3.74. The van der Waals surface area contributed by atoms with E-state index in [1.54, 1.807) is 11.3 Å². The Bertz CT molecular complexity index is 899. The number of hydrogen-bond acceptors (Lipinski definition) is 4. The molecule has 1 N–H and O–H groups in total. The third kappa shape index (κ3) is 3.17. The van der Waals surface area contributed by atoms with Crippen molar-refractivity contribution in [3.05, 3.63) is 58.4 Å². The molecule has 1 aromatic carbocycles. The van der Waals surface area contributed by atoms with Crippen LogP contribution in [0.3, 0.4) is 0 Å². The van der Waals surface area contributed by atoms with Gasteiger partial charge in [-0.25, -0.2) is 4.98 Å². The number of benzene rings is 1. The molecular formula is C19H19N3OS. The van der Waals surface area contributed by atoms with Crippen LogP contribution in [0.1, 0.15) is 52.2 Å². The highest BCUT2D eigenvalue weighted by atomic mass is 32.1. The molecule has 0 aliphatic heterocycles. The Morgan fingerprint density at radius 3 is 2.96 bits per heavy atom. The molecule has 0 atom stereocenters. The Hall–Kier alpha value is -2.27. The van der Waals surface area contributed by atoms with E-state index in [9.17, 15) is 4.79 Å². The van der Waals surface area contributed by atoms with E-state index in [0.717, 1.165) is 27.2 Å². The Morgan fingerprint density at radius 1 is 1.29 bits per heavy atom. The maximum absolute atomic E-state index is 12.4. The highest BCUT2D eigenvalue weighted by molar-refractivity contribution is 7.18. The lowest BCUT2D eigenvalue weighted by atomic mass is 10.1. The smallest absolute Gasteiger partial charge is 0.251 e. The molecule has 24 heavy (non-hydrogen) atoms. The zero-order chi connectivity index (χ0) is 16.5. The van der Waals surface area contributed by atoms with Gasteiger partial charge in [-0.1, -0.05) is 13.0 Å². The van der Waals surface area contributed by atoms with E-state index in [4.69, 9.17) is 0 Å². The topological polar surface area (TPSA) is 54.9 Å². The van der Waals surface area contributed by atoms with Gasteiger partial charge in [0.15, 0.2) is 0 Å². The lowest BCUT2D eigenvalue weighted by Crippen LogP contribution is -2.22. The molecule has 2 aromatic heterocycles. The predicted molar refractivity (Wildman–Crippen MR) is 96.4 cm³/mol. The van der Waals surface area contributed by atoms with Crippen molar-refractivity contribution in [3.8, 4) is 0 Å². The molecule has 122 valence electrons. The van der Waals surface area contributed by atoms with Crippen molar-refractivity contribution in [3.63, 3.8) is 0 Å². The standard InChI is InChI=1S/C19H19N3OS/c1-2-18-22-16-6-5-14(8-17(16)24-18)19(23)21-10-12-7-15(11-20-9-12)13-3-4-13/h5-9,11,13H,2-4,10H2,1H3,(H,21,23). The summed E-state index contributed by atoms with van der Waals surface area (Å²) in [6, 6.07) is 7.86. The van der Waals surface area contributed by atoms with Crippen LogP contribution in [-0.2, 0) is 13.0 Å². The molecule has 3 aromatic rings. The first kappa shape index (κ1) is 15.3. The van der Waals surface area contributed by atoms with Gasteiger partial charge < -0.3 is 5.32 Å². The number of aryl methyl sites for hydroxylation is 1. The first-order chi connectivity index (χ1) is 11.7. The van der Waals surface area contributed by atoms with Gasteiger partial charge in [-0.15, -0.1) is 11.3 Å². The van der Waals surface area contributed by atoms with E-state index in [2.05, 4.69) is 28.3 Å². The Kier molecular flexibility index (Phi) is 4.02. The van der Waals surface area contributed by atoms with Gasteiger partial charge in [-0.2, -0.15) is 0 Å². The minimum atomic E-state index is -0.0554. The minimum Gasteiger partial charge on any atom is -0.348 e. The summed E-state index contributed by atoms with van der Waals surface area (Å²) in [6.07, 6.45) is 7.20. The SMILES string of the molecule is CCc1nc2ccc(C(=O)NCc3cncc(C4CC4)c3)cc2s1. The fraction of sp³-hybridized carbons (Fsp3) is 0.316. The lowest BCUT2D eigenvalue weighted by molar-refractivity contribution is 0.0951. The van der Waals surface area contributed by atoms with Crippen LogP contribution in [0.4, 0.5) is 0 Å². The number of nitrogens with zero attached hydrogens (tertiary/aromatic N) is 2. The van der Waals surface area contributed by atoms with Gasteiger partial charge >= 0.3 is 0 Å². The molecule has 4 rings (SSSR count). The quantitative estimate of drug-likeness (QED) is 0.764. The van der Waals surface area contributed by atoms with Gasteiger partial charge in [0.25, 0.3) is 5.91 Å². The van der Waals surface area contributed by atoms with Crippen LogP contribution in [-0.4, -0.2) is 15.9 Å². The number of thiazole rings is 1. The molecule has 4 nitrogen and oxygen atoms in total. The normalized spacial score (nSPS) is 14.0. The number of fused-ring (bicyclic) bond motifs is 1. The van der Waals surface area contributed by atoms with Crippen molar-refractivity contribution in [2.75, 3.05) is 0 Å². The number of nitrogens with one attached hydrogen (secondary N) is 1. The van der Waals surface area contributed by atoms with Crippen molar-refractivity contribution >= 4 is 27.5 Å². The average Bonchev–Trinajstić information content (AvgIpc) is 3.38. The predicted octanol–water partition coefficient (Wildman–Crippen LogP) is 4.06. The summed E-state index contributed by atoms with van der Waals surface area (Å²) in [7, 11) is 0. The molecular weight excluding hydrogens is 318 g/mol. The molecule has 0 radical (unpaired) electrons. The highest BCUT2D eigenvalue weighted by Gasteiger charge is 2.23. The summed E-state index contributed by atoms with van der Waals surface area (Å²) in [4.78, 5) is 21.2. The Balaban J connectivity index is 1.46. The number of pyridine rings is 1. The maximum Gasteiger partial charge on any atom is 0.251 e. The van der Waals surface area contributed by atoms with Gasteiger partial charge in [-0.3, -0.25) is 9.78 Å². The zero-order valence-corrected chi connectivity index (χ0v) is 14.4. The van der Waals surface area contributed by atoms with E-state index in [1.807, 2.05) is 30.6 Å². The van der Waals surface area contributed by atoms with E-state index in [-0.39, 0.29) is 5.91 Å². The number of aromatic nitrogens is 2. The fourth-order valence-electron chi connectivity index (χ4n) is 2.79. The molecule has 1 fully saturated rings. The molecule has 1 aliphatic rings. The first-order valence-corrected chi connectivity index (χ1v) is 9.16. The largest absolute Gasteiger partial charge is 0.348 e. The molecule has 1 saturated carbocycles. The second-order valence-electron chi connectivity index (χ2n) is 6.23. The van der Waals surface area contributed by atoms with E-state index in [0.29, 0.717) is 18.0 Å². The summed E-state index contributed by atoms with van der Waals surface area (Å²) < 4.78 is 1.07. The Morgan fingerprint density at radius 2 is 2.17 bits per heavy atom. The second-order valence-corrected chi connectivity index (χ2v) is 7.34. The third-order valence-corrected chi connectivity index (χ3v) is 5.48. The molecule has 0 saturated heterocycles. The second kappa shape index (κ2) is 6.32. The summed E-state index contributed by atoms with van der Waals surface area (Å²) in [6.45, 7) is 2.60. The van der Waals surface area contributed by atoms with Crippen molar-refractivity contribution in [2.45, 2.75) is 38.6 Å². The maximum atomic E-state index is 12.4. The van der Waals surface area contributed by atoms with Gasteiger partial charge in [0.1, 0.15) is 0 Å². The number of rotatable bonds is 5. The average molecular weight is 337 g/mol. The van der Waals surface area contributed by atoms with E-state index < -0.39 is 0 Å². The summed E-state index contributed by atoms with van der Waals surface area (Å²) >= 11 is 1.65. The molecule has 0 spiro atoms. The van der Waals surface area contributed by atoms with Crippen LogP contribution in [0, 0.1) is 0 Å². The number of amides is 1. The third-order valence-electron chi connectivity index (χ3n) is 4.32. The van der Waals surface area contributed by atoms with Crippen LogP contribution < -0.4 is 5.32 Å². The monoisotopic (exact) mass is 337 g/mol. The minimum absolute atomic E-state index is 0.0554. The van der Waals surface area contributed by atoms with Crippen molar-refractivity contribution in [1.82, 2.24) is 15.3 Å². The lowest BCUT2D eigenvalue weighted by Gasteiger charge is -2.07. The molecule has 1 aliphatic carbocycles. The van der Waals surface area contributed by atoms with Crippen LogP contribution in [0.2, 0.25) is 0 Å². The molecule has 5 heteroatoms. The zero-order valence-electron chi connectivity index (χ0n) is 13.6.